The van der Waals surface area contributed by atoms with Gasteiger partial charge in [0, 0.05) is 25.5 Å². The lowest BCUT2D eigenvalue weighted by atomic mass is 9.73. The Balaban J connectivity index is 1.22. The number of Topliss-reactive ketones (excluding diaryl/α,β-unsaturated/α-hetero) is 1. The molecule has 1 fully saturated rings. The zero-order valence-corrected chi connectivity index (χ0v) is 29.7. The molecule has 0 radical (unpaired) electrons. The van der Waals surface area contributed by atoms with E-state index in [1.54, 1.807) is 0 Å². The number of carbonyl (C=O) groups excluding carboxylic acids is 1. The van der Waals surface area contributed by atoms with Crippen LogP contribution in [0.15, 0.2) is 64.9 Å². The molecule has 5 aliphatic rings. The number of ketones is 1. The van der Waals surface area contributed by atoms with Crippen molar-refractivity contribution in [2.24, 2.45) is 27.8 Å². The highest BCUT2D eigenvalue weighted by Gasteiger charge is 2.51. The Kier molecular flexibility index (Phi) is 10.7. The summed E-state index contributed by atoms with van der Waals surface area (Å²) in [7, 11) is 0. The number of aliphatic hydroxyl groups excluding tert-OH is 3. The van der Waals surface area contributed by atoms with Crippen molar-refractivity contribution in [3.05, 3.63) is 82.2 Å². The molecule has 7 rings (SSSR count). The van der Waals surface area contributed by atoms with Gasteiger partial charge in [0.25, 0.3) is 6.23 Å². The molecule has 272 valence electrons. The maximum Gasteiger partial charge on any atom is 0.252 e. The van der Waals surface area contributed by atoms with Crippen molar-refractivity contribution in [1.82, 2.24) is 0 Å². The number of hydrogen-bond acceptors (Lipinski definition) is 9. The number of quaternary nitrogens is 1. The van der Waals surface area contributed by atoms with Gasteiger partial charge < -0.3 is 36.3 Å². The average molecular weight is 706 g/mol. The molecular formula is C42H49N4O6+. The normalized spacial score (nSPS) is 24.9. The monoisotopic (exact) mass is 705 g/mol. The van der Waals surface area contributed by atoms with Gasteiger partial charge in [-0.25, -0.2) is 0 Å². The summed E-state index contributed by atoms with van der Waals surface area (Å²) in [6.07, 6.45) is 9.99. The van der Waals surface area contributed by atoms with E-state index >= 15 is 0 Å². The molecule has 0 saturated heterocycles. The Hall–Kier alpha value is -4.26. The van der Waals surface area contributed by atoms with Crippen molar-refractivity contribution in [2.75, 3.05) is 6.54 Å². The number of benzene rings is 2. The van der Waals surface area contributed by atoms with Crippen LogP contribution in [-0.2, 0) is 17.6 Å². The number of nitrogens with two attached hydrogens (primary N) is 2. The number of carbonyl (C=O) groups is 1. The lowest BCUT2D eigenvalue weighted by Crippen LogP contribution is -3.13. The second kappa shape index (κ2) is 15.4. The molecule has 0 aromatic heterocycles. The lowest BCUT2D eigenvalue weighted by Gasteiger charge is -2.36. The summed E-state index contributed by atoms with van der Waals surface area (Å²) in [6.45, 7) is 2.58. The van der Waals surface area contributed by atoms with Gasteiger partial charge in [-0.3, -0.25) is 14.7 Å². The number of rotatable bonds is 10. The van der Waals surface area contributed by atoms with E-state index in [-0.39, 0.29) is 31.0 Å². The predicted molar refractivity (Wildman–Crippen MR) is 197 cm³/mol. The van der Waals surface area contributed by atoms with E-state index in [2.05, 4.69) is 30.1 Å². The fourth-order valence-corrected chi connectivity index (χ4v) is 8.34. The first-order valence-corrected chi connectivity index (χ1v) is 18.7. The molecule has 4 aliphatic heterocycles. The molecule has 10 heteroatoms. The van der Waals surface area contributed by atoms with Crippen molar-refractivity contribution >= 4 is 11.5 Å². The van der Waals surface area contributed by atoms with Crippen LogP contribution in [-0.4, -0.2) is 51.8 Å². The molecule has 4 heterocycles. The first-order chi connectivity index (χ1) is 25.1. The summed E-state index contributed by atoms with van der Waals surface area (Å²) < 4.78 is 13.1. The van der Waals surface area contributed by atoms with Gasteiger partial charge in [-0.1, -0.05) is 68.2 Å². The van der Waals surface area contributed by atoms with Crippen molar-refractivity contribution in [1.29, 1.82) is 0 Å². The lowest BCUT2D eigenvalue weighted by molar-refractivity contribution is -0.888. The summed E-state index contributed by atoms with van der Waals surface area (Å²) in [5.74, 6) is 10.8. The summed E-state index contributed by atoms with van der Waals surface area (Å²) in [4.78, 5) is 18.7. The van der Waals surface area contributed by atoms with Crippen LogP contribution < -0.4 is 25.8 Å². The van der Waals surface area contributed by atoms with Crippen molar-refractivity contribution < 1.29 is 34.5 Å². The van der Waals surface area contributed by atoms with Crippen molar-refractivity contribution in [3.8, 4) is 35.4 Å². The molecule has 2 bridgehead atoms. The van der Waals surface area contributed by atoms with Gasteiger partial charge in [0.05, 0.1) is 29.4 Å². The number of nitrogens with zero attached hydrogens (tertiary/aromatic N) is 1. The molecule has 1 aliphatic carbocycles. The van der Waals surface area contributed by atoms with E-state index in [0.717, 1.165) is 70.6 Å². The Morgan fingerprint density at radius 1 is 1.10 bits per heavy atom. The minimum absolute atomic E-state index is 0.0107. The van der Waals surface area contributed by atoms with E-state index in [1.807, 2.05) is 49.5 Å². The third-order valence-corrected chi connectivity index (χ3v) is 11.1. The SMILES string of the molecule is CCCC(O)CC(O)CC(=O)CCc1ccc2c(c1)OC1C(C#CC(O)c3ccc(C(N)N)cc3CC3=CN=C4C[NH+]1C=C34)C1(C#CO2)CCCC1. The van der Waals surface area contributed by atoms with Gasteiger partial charge in [-0.15, -0.1) is 0 Å². The zero-order valence-electron chi connectivity index (χ0n) is 29.7. The number of hydrogen-bond donors (Lipinski definition) is 6. The first-order valence-electron chi connectivity index (χ1n) is 18.7. The fourth-order valence-electron chi connectivity index (χ4n) is 8.34. The molecule has 52 heavy (non-hydrogen) atoms. The number of fused-ring (bicyclic) bond motifs is 6. The number of aliphatic imine (C=N–C) groups is 1. The summed E-state index contributed by atoms with van der Waals surface area (Å²) in [5, 5.41) is 32.1. The topological polar surface area (TPSA) is 165 Å². The third-order valence-electron chi connectivity index (χ3n) is 11.1. The number of nitrogens with one attached hydrogen (secondary N) is 1. The van der Waals surface area contributed by atoms with Crippen LogP contribution >= 0.6 is 0 Å². The maximum absolute atomic E-state index is 12.8. The second-order valence-corrected chi connectivity index (χ2v) is 15.0. The molecule has 2 aromatic rings. The Labute approximate surface area is 305 Å². The molecule has 6 unspecified atom stereocenters. The van der Waals surface area contributed by atoms with Gasteiger partial charge in [0.15, 0.2) is 11.5 Å². The molecule has 10 nitrogen and oxygen atoms in total. The first kappa shape index (κ1) is 36.1. The smallest absolute Gasteiger partial charge is 0.252 e. The van der Waals surface area contributed by atoms with E-state index in [1.165, 1.54) is 0 Å². The van der Waals surface area contributed by atoms with E-state index in [0.29, 0.717) is 42.9 Å². The molecule has 8 N–H and O–H groups in total. The van der Waals surface area contributed by atoms with E-state index in [9.17, 15) is 20.1 Å². The number of aliphatic hydroxyl groups is 3. The van der Waals surface area contributed by atoms with Gasteiger partial charge in [0.1, 0.15) is 42.4 Å². The van der Waals surface area contributed by atoms with Crippen LogP contribution in [0.2, 0.25) is 0 Å². The van der Waals surface area contributed by atoms with Gasteiger partial charge in [-0.2, -0.15) is 0 Å². The van der Waals surface area contributed by atoms with E-state index in [4.69, 9.17) is 25.9 Å². The Morgan fingerprint density at radius 3 is 2.71 bits per heavy atom. The fraction of sp³-hybridized carbons (Fsp3) is 0.476. The Morgan fingerprint density at radius 2 is 1.92 bits per heavy atom. The molecular weight excluding hydrogens is 656 g/mol. The average Bonchev–Trinajstić information content (AvgIpc) is 3.85. The van der Waals surface area contributed by atoms with Crippen LogP contribution in [0.3, 0.4) is 0 Å². The quantitative estimate of drug-likeness (QED) is 0.162. The number of allylic oxidation sites excluding steroid dienone is 1. The highest BCUT2D eigenvalue weighted by molar-refractivity contribution is 6.08. The van der Waals surface area contributed by atoms with Crippen LogP contribution in [0, 0.1) is 35.2 Å². The highest BCUT2D eigenvalue weighted by atomic mass is 16.5. The van der Waals surface area contributed by atoms with Gasteiger partial charge in [0.2, 0.25) is 0 Å². The molecule has 2 aromatic carbocycles. The van der Waals surface area contributed by atoms with E-state index < -0.39 is 36.1 Å². The molecule has 1 spiro atoms. The van der Waals surface area contributed by atoms with Gasteiger partial charge in [-0.05, 0) is 72.1 Å². The summed E-state index contributed by atoms with van der Waals surface area (Å²) >= 11 is 0. The van der Waals surface area contributed by atoms with Crippen LogP contribution in [0.1, 0.15) is 99.2 Å². The molecule has 0 amide bonds. The predicted octanol–water partition coefficient (Wildman–Crippen LogP) is 3.06. The summed E-state index contributed by atoms with van der Waals surface area (Å²) in [5.41, 5.74) is 18.0. The second-order valence-electron chi connectivity index (χ2n) is 15.0. The zero-order chi connectivity index (χ0) is 36.4. The van der Waals surface area contributed by atoms with Crippen molar-refractivity contribution in [3.63, 3.8) is 0 Å². The molecule has 6 atom stereocenters. The Bertz CT molecular complexity index is 1920. The maximum atomic E-state index is 12.8. The van der Waals surface area contributed by atoms with Gasteiger partial charge >= 0.3 is 0 Å². The number of aryl methyl sites for hydroxylation is 1. The highest BCUT2D eigenvalue weighted by Crippen LogP contribution is 2.47. The van der Waals surface area contributed by atoms with Crippen molar-refractivity contribution in [2.45, 2.75) is 108 Å². The third kappa shape index (κ3) is 7.60. The minimum Gasteiger partial charge on any atom is -0.437 e. The van der Waals surface area contributed by atoms with Crippen LogP contribution in [0.4, 0.5) is 0 Å². The number of ether oxygens (including phenoxy) is 2. The minimum atomic E-state index is -1.06. The largest absolute Gasteiger partial charge is 0.437 e. The van der Waals surface area contributed by atoms with Crippen LogP contribution in [0.5, 0.6) is 11.5 Å². The standard InChI is InChI=1S/C42H48N4O6/c1-2-5-30(47)21-32(49)22-31(48)9-6-26-7-13-38-39(18-26)52-41-35(42(16-17-51-38)14-3-4-15-42)11-12-37(50)33-10-8-27(40(43)44)19-28(33)20-29-23-45-36-25-46(41)24-34(29)36/h7-8,10,13,18-19,23-24,30,32,35,37,40-41,47,49-50H,2-6,9,14-15,20-22,25,43-44H2,1H3/p+1. The summed E-state index contributed by atoms with van der Waals surface area (Å²) in [6, 6.07) is 11.3. The van der Waals surface area contributed by atoms with Crippen LogP contribution in [0.25, 0.3) is 0 Å². The molecule has 1 saturated carbocycles.